The van der Waals surface area contributed by atoms with E-state index in [0.29, 0.717) is 24.2 Å². The van der Waals surface area contributed by atoms with Crippen LogP contribution in [-0.4, -0.2) is 22.0 Å². The Bertz CT molecular complexity index is 559. The minimum atomic E-state index is -3.57. The molecule has 4 nitrogen and oxygen atoms in total. The number of hydrogen-bond acceptors (Lipinski definition) is 3. The molecule has 0 aliphatic heterocycles. The summed E-state index contributed by atoms with van der Waals surface area (Å²) in [6.45, 7) is 4.40. The van der Waals surface area contributed by atoms with Gasteiger partial charge in [0, 0.05) is 18.7 Å². The quantitative estimate of drug-likeness (QED) is 0.689. The molecule has 1 aromatic rings. The van der Waals surface area contributed by atoms with Crippen molar-refractivity contribution in [2.24, 2.45) is 0 Å². The maximum Gasteiger partial charge on any atom is 0.240 e. The molecule has 6 heteroatoms. The Labute approximate surface area is 127 Å². The largest absolute Gasteiger partial charge is 0.316 e. The average Bonchev–Trinajstić information content (AvgIpc) is 2.43. The van der Waals surface area contributed by atoms with Gasteiger partial charge in [-0.3, -0.25) is 0 Å². The first-order valence-corrected chi connectivity index (χ1v) is 8.84. The Balaban J connectivity index is 2.83. The Hall–Kier alpha value is -0.980. The number of halogens is 1. The van der Waals surface area contributed by atoms with Gasteiger partial charge in [-0.2, -0.15) is 0 Å². The summed E-state index contributed by atoms with van der Waals surface area (Å²) in [5.41, 5.74) is 0.706. The molecule has 0 radical (unpaired) electrons. The summed E-state index contributed by atoms with van der Waals surface area (Å²) in [4.78, 5) is 0.127. The number of benzene rings is 1. The van der Waals surface area contributed by atoms with Crippen molar-refractivity contribution in [3.63, 3.8) is 0 Å². The van der Waals surface area contributed by atoms with Crippen LogP contribution in [0.2, 0.25) is 0 Å². The van der Waals surface area contributed by atoms with Gasteiger partial charge in [-0.25, -0.2) is 17.5 Å². The lowest BCUT2D eigenvalue weighted by Crippen LogP contribution is -2.25. The van der Waals surface area contributed by atoms with Crippen molar-refractivity contribution in [1.82, 2.24) is 10.0 Å². The number of sulfonamides is 1. The van der Waals surface area contributed by atoms with Crippen LogP contribution >= 0.6 is 0 Å². The van der Waals surface area contributed by atoms with E-state index in [1.165, 1.54) is 12.1 Å². The summed E-state index contributed by atoms with van der Waals surface area (Å²) in [7, 11) is -1.88. The molecular weight excluding hydrogens is 291 g/mol. The Morgan fingerprint density at radius 3 is 2.52 bits per heavy atom. The predicted molar refractivity (Wildman–Crippen MR) is 83.2 cm³/mol. The molecule has 0 heterocycles. The molecule has 0 spiro atoms. The van der Waals surface area contributed by atoms with E-state index in [2.05, 4.69) is 17.0 Å². The van der Waals surface area contributed by atoms with Crippen molar-refractivity contribution in [2.45, 2.75) is 51.0 Å². The summed E-state index contributed by atoms with van der Waals surface area (Å²) >= 11 is 0. The van der Waals surface area contributed by atoms with Crippen molar-refractivity contribution in [1.29, 1.82) is 0 Å². The lowest BCUT2D eigenvalue weighted by molar-refractivity contribution is 0.569. The van der Waals surface area contributed by atoms with Crippen LogP contribution in [0.15, 0.2) is 17.0 Å². The van der Waals surface area contributed by atoms with Gasteiger partial charge in [0.15, 0.2) is 0 Å². The lowest BCUT2D eigenvalue weighted by Gasteiger charge is -2.11. The minimum Gasteiger partial charge on any atom is -0.316 e. The first-order valence-electron chi connectivity index (χ1n) is 7.35. The third-order valence-electron chi connectivity index (χ3n) is 3.30. The molecule has 0 aromatic heterocycles. The minimum absolute atomic E-state index is 0.127. The molecule has 0 aliphatic rings. The number of unbranched alkanes of at least 4 members (excludes halogenated alkanes) is 3. The zero-order chi connectivity index (χ0) is 15.9. The molecule has 1 aromatic carbocycles. The van der Waals surface area contributed by atoms with Gasteiger partial charge in [-0.15, -0.1) is 0 Å². The Morgan fingerprint density at radius 2 is 1.90 bits per heavy atom. The Morgan fingerprint density at radius 1 is 1.19 bits per heavy atom. The van der Waals surface area contributed by atoms with Crippen LogP contribution in [0, 0.1) is 12.7 Å². The second-order valence-corrected chi connectivity index (χ2v) is 6.97. The third kappa shape index (κ3) is 5.37. The maximum absolute atomic E-state index is 13.9. The van der Waals surface area contributed by atoms with Crippen LogP contribution in [0.4, 0.5) is 4.39 Å². The highest BCUT2D eigenvalue weighted by atomic mass is 32.2. The molecule has 0 fully saturated rings. The maximum atomic E-state index is 13.9. The summed E-state index contributed by atoms with van der Waals surface area (Å²) in [5, 5.41) is 2.84. The fraction of sp³-hybridized carbons (Fsp3) is 0.600. The molecule has 0 saturated carbocycles. The van der Waals surface area contributed by atoms with Gasteiger partial charge in [0.25, 0.3) is 0 Å². The summed E-state index contributed by atoms with van der Waals surface area (Å²) < 4.78 is 40.9. The number of aryl methyl sites for hydroxylation is 1. The van der Waals surface area contributed by atoms with Crippen LogP contribution < -0.4 is 10.0 Å². The van der Waals surface area contributed by atoms with Gasteiger partial charge >= 0.3 is 0 Å². The van der Waals surface area contributed by atoms with Crippen molar-refractivity contribution < 1.29 is 12.8 Å². The fourth-order valence-electron chi connectivity index (χ4n) is 2.12. The SMILES string of the molecule is CCCCCCNS(=O)(=O)c1cc(C)c(F)c(CNC)c1. The molecule has 0 bridgehead atoms. The summed E-state index contributed by atoms with van der Waals surface area (Å²) in [5.74, 6) is -0.355. The smallest absolute Gasteiger partial charge is 0.240 e. The van der Waals surface area contributed by atoms with E-state index in [1.807, 2.05) is 0 Å². The summed E-state index contributed by atoms with van der Waals surface area (Å²) in [6.07, 6.45) is 4.03. The van der Waals surface area contributed by atoms with Gasteiger partial charge in [0.2, 0.25) is 10.0 Å². The molecule has 0 unspecified atom stereocenters. The van der Waals surface area contributed by atoms with Crippen LogP contribution in [0.1, 0.15) is 43.7 Å². The van der Waals surface area contributed by atoms with E-state index in [1.54, 1.807) is 14.0 Å². The fourth-order valence-corrected chi connectivity index (χ4v) is 3.33. The number of hydrogen-bond donors (Lipinski definition) is 2. The first-order chi connectivity index (χ1) is 9.92. The molecular formula is C15H25FN2O2S. The number of rotatable bonds is 9. The Kier molecular flexibility index (Phi) is 7.28. The van der Waals surface area contributed by atoms with Crippen LogP contribution in [0.5, 0.6) is 0 Å². The molecule has 21 heavy (non-hydrogen) atoms. The van der Waals surface area contributed by atoms with Crippen LogP contribution in [0.3, 0.4) is 0 Å². The van der Waals surface area contributed by atoms with E-state index in [0.717, 1.165) is 25.7 Å². The molecule has 2 N–H and O–H groups in total. The normalized spacial score (nSPS) is 11.8. The molecule has 120 valence electrons. The molecule has 0 atom stereocenters. The second kappa shape index (κ2) is 8.46. The van der Waals surface area contributed by atoms with E-state index in [4.69, 9.17) is 0 Å². The highest BCUT2D eigenvalue weighted by molar-refractivity contribution is 7.89. The monoisotopic (exact) mass is 316 g/mol. The van der Waals surface area contributed by atoms with Gasteiger partial charge in [0.1, 0.15) is 5.82 Å². The molecule has 1 rings (SSSR count). The van der Waals surface area contributed by atoms with Gasteiger partial charge < -0.3 is 5.32 Å². The molecule has 0 aliphatic carbocycles. The highest BCUT2D eigenvalue weighted by Gasteiger charge is 2.17. The lowest BCUT2D eigenvalue weighted by atomic mass is 10.1. The molecule has 0 saturated heterocycles. The standard InChI is InChI=1S/C15H25FN2O2S/c1-4-5-6-7-8-18-21(19,20)14-9-12(2)15(16)13(10-14)11-17-3/h9-10,17-18H,4-8,11H2,1-3H3. The van der Waals surface area contributed by atoms with Crippen LogP contribution in [-0.2, 0) is 16.6 Å². The second-order valence-electron chi connectivity index (χ2n) is 5.20. The van der Waals surface area contributed by atoms with Crippen molar-refractivity contribution in [3.05, 3.63) is 29.1 Å². The van der Waals surface area contributed by atoms with E-state index < -0.39 is 10.0 Å². The first kappa shape index (κ1) is 18.1. The average molecular weight is 316 g/mol. The highest BCUT2D eigenvalue weighted by Crippen LogP contribution is 2.19. The molecule has 0 amide bonds. The predicted octanol–water partition coefficient (Wildman–Crippen LogP) is 2.71. The van der Waals surface area contributed by atoms with Gasteiger partial charge in [-0.05, 0) is 38.1 Å². The topological polar surface area (TPSA) is 58.2 Å². The number of nitrogens with one attached hydrogen (secondary N) is 2. The van der Waals surface area contributed by atoms with Crippen molar-refractivity contribution in [2.75, 3.05) is 13.6 Å². The third-order valence-corrected chi connectivity index (χ3v) is 4.74. The van der Waals surface area contributed by atoms with Crippen molar-refractivity contribution in [3.8, 4) is 0 Å². The van der Waals surface area contributed by atoms with E-state index in [9.17, 15) is 12.8 Å². The van der Waals surface area contributed by atoms with Gasteiger partial charge in [0.05, 0.1) is 4.90 Å². The van der Waals surface area contributed by atoms with E-state index in [-0.39, 0.29) is 10.7 Å². The summed E-state index contributed by atoms with van der Waals surface area (Å²) in [6, 6.07) is 2.77. The van der Waals surface area contributed by atoms with Crippen molar-refractivity contribution >= 4 is 10.0 Å². The van der Waals surface area contributed by atoms with Crippen LogP contribution in [0.25, 0.3) is 0 Å². The zero-order valence-corrected chi connectivity index (χ0v) is 13.8. The zero-order valence-electron chi connectivity index (χ0n) is 13.0. The van der Waals surface area contributed by atoms with Gasteiger partial charge in [-0.1, -0.05) is 26.2 Å². The van der Waals surface area contributed by atoms with E-state index >= 15 is 0 Å².